The lowest BCUT2D eigenvalue weighted by molar-refractivity contribution is -0.140. The van der Waals surface area contributed by atoms with Gasteiger partial charge in [-0.3, -0.25) is 13.9 Å². The van der Waals surface area contributed by atoms with E-state index < -0.39 is 28.5 Å². The summed E-state index contributed by atoms with van der Waals surface area (Å²) in [5.41, 5.74) is 2.24. The zero-order chi connectivity index (χ0) is 31.3. The Labute approximate surface area is 269 Å². The minimum Gasteiger partial charge on any atom is -0.352 e. The smallest absolute Gasteiger partial charge is 0.264 e. The lowest BCUT2D eigenvalue weighted by atomic mass is 10.1. The number of nitrogens with one attached hydrogen (secondary N) is 1. The Bertz CT molecular complexity index is 1550. The lowest BCUT2D eigenvalue weighted by Gasteiger charge is -2.34. The van der Waals surface area contributed by atoms with Crippen LogP contribution in [-0.2, 0) is 26.2 Å². The molecule has 2 amide bonds. The molecule has 0 unspecified atom stereocenters. The topological polar surface area (TPSA) is 86.8 Å². The Balaban J connectivity index is 1.78. The summed E-state index contributed by atoms with van der Waals surface area (Å²) in [5, 5.41) is 4.09. The molecule has 1 aliphatic carbocycles. The highest BCUT2D eigenvalue weighted by atomic mass is 35.5. The Morgan fingerprint density at radius 3 is 2.19 bits per heavy atom. The molecule has 3 aromatic rings. The molecule has 3 aromatic carbocycles. The van der Waals surface area contributed by atoms with E-state index in [1.807, 2.05) is 13.8 Å². The first-order valence-corrected chi connectivity index (χ1v) is 16.9. The average Bonchev–Trinajstić information content (AvgIpc) is 3.47. The van der Waals surface area contributed by atoms with Gasteiger partial charge in [0.05, 0.1) is 10.6 Å². The van der Waals surface area contributed by atoms with Crippen LogP contribution in [0.2, 0.25) is 15.1 Å². The van der Waals surface area contributed by atoms with E-state index in [1.165, 1.54) is 23.1 Å². The number of carbonyl (C=O) groups is 2. The van der Waals surface area contributed by atoms with Crippen molar-refractivity contribution in [2.45, 2.75) is 76.4 Å². The van der Waals surface area contributed by atoms with E-state index in [4.69, 9.17) is 34.8 Å². The fourth-order valence-corrected chi connectivity index (χ4v) is 7.50. The first-order valence-electron chi connectivity index (χ1n) is 14.3. The van der Waals surface area contributed by atoms with Crippen LogP contribution in [0.1, 0.15) is 55.7 Å². The van der Waals surface area contributed by atoms with Crippen LogP contribution in [0.4, 0.5) is 5.69 Å². The number of amides is 2. The minimum atomic E-state index is -4.22. The molecule has 230 valence electrons. The highest BCUT2D eigenvalue weighted by Gasteiger charge is 2.35. The summed E-state index contributed by atoms with van der Waals surface area (Å²) in [6.45, 7) is 4.76. The summed E-state index contributed by atoms with van der Waals surface area (Å²) in [6.07, 6.45) is 4.12. The van der Waals surface area contributed by atoms with Gasteiger partial charge in [0.25, 0.3) is 10.0 Å². The van der Waals surface area contributed by atoms with Crippen LogP contribution in [0.5, 0.6) is 0 Å². The van der Waals surface area contributed by atoms with Crippen LogP contribution >= 0.6 is 34.8 Å². The molecule has 1 aliphatic rings. The van der Waals surface area contributed by atoms with Crippen molar-refractivity contribution in [3.63, 3.8) is 0 Å². The first-order chi connectivity index (χ1) is 20.4. The van der Waals surface area contributed by atoms with Gasteiger partial charge in [-0.05, 0) is 75.1 Å². The molecule has 0 saturated heterocycles. The molecular formula is C32H36Cl3N3O4S. The molecule has 0 heterocycles. The van der Waals surface area contributed by atoms with Crippen molar-refractivity contribution in [1.29, 1.82) is 0 Å². The second-order valence-electron chi connectivity index (χ2n) is 10.9. The van der Waals surface area contributed by atoms with Gasteiger partial charge in [0.2, 0.25) is 11.8 Å². The number of anilines is 1. The monoisotopic (exact) mass is 663 g/mol. The van der Waals surface area contributed by atoms with Crippen molar-refractivity contribution in [3.8, 4) is 0 Å². The Kier molecular flexibility index (Phi) is 11.0. The van der Waals surface area contributed by atoms with Gasteiger partial charge < -0.3 is 10.2 Å². The zero-order valence-electron chi connectivity index (χ0n) is 24.4. The molecule has 0 bridgehead atoms. The second-order valence-corrected chi connectivity index (χ2v) is 14.0. The van der Waals surface area contributed by atoms with Gasteiger partial charge in [0.15, 0.2) is 0 Å². The van der Waals surface area contributed by atoms with Crippen LogP contribution in [-0.4, -0.2) is 43.8 Å². The number of sulfonamides is 1. The zero-order valence-corrected chi connectivity index (χ0v) is 27.5. The van der Waals surface area contributed by atoms with E-state index >= 15 is 0 Å². The lowest BCUT2D eigenvalue weighted by Crippen LogP contribution is -2.53. The first kappa shape index (κ1) is 33.1. The normalized spacial score (nSPS) is 14.4. The largest absolute Gasteiger partial charge is 0.352 e. The van der Waals surface area contributed by atoms with Gasteiger partial charge in [-0.25, -0.2) is 8.42 Å². The predicted molar refractivity (Wildman–Crippen MR) is 173 cm³/mol. The number of halogens is 3. The van der Waals surface area contributed by atoms with Crippen molar-refractivity contribution in [2.75, 3.05) is 10.8 Å². The van der Waals surface area contributed by atoms with Crippen molar-refractivity contribution >= 4 is 62.3 Å². The third-order valence-corrected chi connectivity index (χ3v) is 10.5. The van der Waals surface area contributed by atoms with Gasteiger partial charge in [-0.2, -0.15) is 0 Å². The maximum absolute atomic E-state index is 14.3. The van der Waals surface area contributed by atoms with Gasteiger partial charge in [-0.1, -0.05) is 84.4 Å². The van der Waals surface area contributed by atoms with Crippen molar-refractivity contribution in [3.05, 3.63) is 92.4 Å². The summed E-state index contributed by atoms with van der Waals surface area (Å²) < 4.78 is 29.3. The summed E-state index contributed by atoms with van der Waals surface area (Å²) in [4.78, 5) is 29.4. The quantitative estimate of drug-likeness (QED) is 0.233. The number of rotatable bonds is 11. The van der Waals surface area contributed by atoms with Crippen LogP contribution in [0.3, 0.4) is 0 Å². The number of carbonyl (C=O) groups excluding carboxylic acids is 2. The number of hydrogen-bond acceptors (Lipinski definition) is 4. The van der Waals surface area contributed by atoms with Gasteiger partial charge >= 0.3 is 0 Å². The van der Waals surface area contributed by atoms with Crippen LogP contribution in [0.15, 0.2) is 65.6 Å². The van der Waals surface area contributed by atoms with Crippen LogP contribution < -0.4 is 9.62 Å². The van der Waals surface area contributed by atoms with E-state index in [9.17, 15) is 18.0 Å². The number of aryl methyl sites for hydroxylation is 2. The molecule has 0 radical (unpaired) electrons. The second kappa shape index (κ2) is 14.3. The van der Waals surface area contributed by atoms with Gasteiger partial charge in [-0.15, -0.1) is 0 Å². The van der Waals surface area contributed by atoms with E-state index in [0.29, 0.717) is 32.6 Å². The highest BCUT2D eigenvalue weighted by molar-refractivity contribution is 7.92. The van der Waals surface area contributed by atoms with Crippen LogP contribution in [0, 0.1) is 13.8 Å². The molecule has 0 spiro atoms. The van der Waals surface area contributed by atoms with Crippen molar-refractivity contribution < 1.29 is 18.0 Å². The molecule has 43 heavy (non-hydrogen) atoms. The molecule has 7 nitrogen and oxygen atoms in total. The molecule has 1 fully saturated rings. The SMILES string of the molecule is CC[C@@H](C(=O)NC1CCCC1)N(Cc1c(Cl)cccc1Cl)C(=O)CN(c1cc(Cl)ccc1C)S(=O)(=O)c1ccc(C)cc1. The third kappa shape index (κ3) is 7.85. The Hall–Kier alpha value is -2.78. The fourth-order valence-electron chi connectivity index (χ4n) is 5.34. The summed E-state index contributed by atoms with van der Waals surface area (Å²) in [5.74, 6) is -0.878. The maximum Gasteiger partial charge on any atom is 0.264 e. The molecule has 1 saturated carbocycles. The van der Waals surface area contributed by atoms with E-state index in [1.54, 1.807) is 49.4 Å². The number of nitrogens with zero attached hydrogens (tertiary/aromatic N) is 2. The molecule has 1 N–H and O–H groups in total. The molecule has 4 rings (SSSR count). The Morgan fingerprint density at radius 2 is 1.58 bits per heavy atom. The van der Waals surface area contributed by atoms with E-state index in [-0.39, 0.29) is 29.1 Å². The van der Waals surface area contributed by atoms with Crippen molar-refractivity contribution in [2.24, 2.45) is 0 Å². The van der Waals surface area contributed by atoms with E-state index in [2.05, 4.69) is 5.32 Å². The highest BCUT2D eigenvalue weighted by Crippen LogP contribution is 2.31. The molecule has 0 aromatic heterocycles. The molecule has 11 heteroatoms. The average molecular weight is 665 g/mol. The standard InChI is InChI=1S/C32H36Cl3N3O4S/c1-4-29(32(40)36-24-8-5-6-9-24)37(19-26-27(34)10-7-11-28(26)35)31(39)20-38(30-18-23(33)15-14-22(30)3)43(41,42)25-16-12-21(2)13-17-25/h7,10-18,24,29H,4-6,8-9,19-20H2,1-3H3,(H,36,40)/t29-/m0/s1. The van der Waals surface area contributed by atoms with Gasteiger partial charge in [0, 0.05) is 33.2 Å². The Morgan fingerprint density at radius 1 is 0.953 bits per heavy atom. The van der Waals surface area contributed by atoms with Crippen LogP contribution in [0.25, 0.3) is 0 Å². The minimum absolute atomic E-state index is 0.0250. The van der Waals surface area contributed by atoms with E-state index in [0.717, 1.165) is 35.6 Å². The molecule has 0 aliphatic heterocycles. The molecular weight excluding hydrogens is 629 g/mol. The summed E-state index contributed by atoms with van der Waals surface area (Å²) in [6, 6.07) is 15.5. The maximum atomic E-state index is 14.3. The predicted octanol–water partition coefficient (Wildman–Crippen LogP) is 7.33. The fraction of sp³-hybridized carbons (Fsp3) is 0.375. The van der Waals surface area contributed by atoms with Gasteiger partial charge in [0.1, 0.15) is 12.6 Å². The number of hydrogen-bond donors (Lipinski definition) is 1. The summed E-state index contributed by atoms with van der Waals surface area (Å²) in [7, 11) is -4.22. The van der Waals surface area contributed by atoms with Crippen molar-refractivity contribution in [1.82, 2.24) is 10.2 Å². The third-order valence-electron chi connectivity index (χ3n) is 7.81. The number of benzene rings is 3. The molecule has 1 atom stereocenters. The summed E-state index contributed by atoms with van der Waals surface area (Å²) >= 11 is 19.3.